The molecule has 0 saturated heterocycles. The molecule has 3 rings (SSSR count). The molecular weight excluding hydrogens is 256 g/mol. The number of rotatable bonds is 2. The SMILES string of the molecule is Cc1nc2c(c(=O)[nH]1)CN(C(=O)Cc1ccccn1)C2. The number of H-pyrrole nitrogens is 1. The number of carbonyl (C=O) groups is 1. The molecule has 1 aliphatic heterocycles. The fourth-order valence-corrected chi connectivity index (χ4v) is 2.34. The van der Waals surface area contributed by atoms with E-state index in [9.17, 15) is 9.59 Å². The summed E-state index contributed by atoms with van der Waals surface area (Å²) in [6.07, 6.45) is 1.91. The first-order chi connectivity index (χ1) is 9.63. The lowest BCUT2D eigenvalue weighted by Gasteiger charge is -2.14. The fourth-order valence-electron chi connectivity index (χ4n) is 2.34. The Morgan fingerprint density at radius 3 is 3.00 bits per heavy atom. The third kappa shape index (κ3) is 2.32. The molecule has 0 unspecified atom stereocenters. The number of fused-ring (bicyclic) bond motifs is 1. The predicted molar refractivity (Wildman–Crippen MR) is 71.8 cm³/mol. The summed E-state index contributed by atoms with van der Waals surface area (Å²) >= 11 is 0. The van der Waals surface area contributed by atoms with Crippen molar-refractivity contribution in [3.8, 4) is 0 Å². The number of carbonyl (C=O) groups excluding carboxylic acids is 1. The zero-order valence-corrected chi connectivity index (χ0v) is 11.1. The molecule has 2 aromatic rings. The van der Waals surface area contributed by atoms with E-state index in [1.54, 1.807) is 18.0 Å². The average molecular weight is 270 g/mol. The molecule has 0 radical (unpaired) electrons. The standard InChI is InChI=1S/C14H14N4O2/c1-9-16-12-8-18(7-11(12)14(20)17-9)13(19)6-10-4-2-3-5-15-10/h2-5H,6-8H2,1H3,(H,16,17,20). The highest BCUT2D eigenvalue weighted by atomic mass is 16.2. The van der Waals surface area contributed by atoms with Gasteiger partial charge >= 0.3 is 0 Å². The number of aromatic nitrogens is 3. The number of amides is 1. The molecule has 1 amide bonds. The first-order valence-electron chi connectivity index (χ1n) is 6.40. The number of aromatic amines is 1. The summed E-state index contributed by atoms with van der Waals surface area (Å²) in [6.45, 7) is 2.45. The Kier molecular flexibility index (Phi) is 3.06. The molecule has 3 heterocycles. The Hall–Kier alpha value is -2.50. The molecule has 1 N–H and O–H groups in total. The molecule has 0 fully saturated rings. The first kappa shape index (κ1) is 12.5. The summed E-state index contributed by atoms with van der Waals surface area (Å²) in [5.74, 6) is 0.534. The Balaban J connectivity index is 1.77. The van der Waals surface area contributed by atoms with Gasteiger partial charge in [-0.15, -0.1) is 0 Å². The molecule has 0 atom stereocenters. The van der Waals surface area contributed by atoms with Crippen molar-refractivity contribution in [2.24, 2.45) is 0 Å². The van der Waals surface area contributed by atoms with Crippen LogP contribution in [0.4, 0.5) is 0 Å². The molecular formula is C14H14N4O2. The van der Waals surface area contributed by atoms with Crippen molar-refractivity contribution in [3.63, 3.8) is 0 Å². The largest absolute Gasteiger partial charge is 0.332 e. The van der Waals surface area contributed by atoms with Crippen LogP contribution >= 0.6 is 0 Å². The number of aryl methyl sites for hydroxylation is 1. The minimum absolute atomic E-state index is 0.0428. The van der Waals surface area contributed by atoms with Crippen molar-refractivity contribution in [2.75, 3.05) is 0 Å². The van der Waals surface area contributed by atoms with E-state index in [1.807, 2.05) is 18.2 Å². The van der Waals surface area contributed by atoms with E-state index >= 15 is 0 Å². The summed E-state index contributed by atoms with van der Waals surface area (Å²) in [6, 6.07) is 5.48. The van der Waals surface area contributed by atoms with E-state index in [1.165, 1.54) is 0 Å². The smallest absolute Gasteiger partial charge is 0.256 e. The summed E-state index contributed by atoms with van der Waals surface area (Å²) in [5.41, 5.74) is 1.86. The topological polar surface area (TPSA) is 79.0 Å². The van der Waals surface area contributed by atoms with Crippen LogP contribution in [-0.4, -0.2) is 25.8 Å². The van der Waals surface area contributed by atoms with Gasteiger partial charge in [0, 0.05) is 11.9 Å². The molecule has 0 aromatic carbocycles. The molecule has 102 valence electrons. The van der Waals surface area contributed by atoms with Gasteiger partial charge in [0.2, 0.25) is 5.91 Å². The van der Waals surface area contributed by atoms with Gasteiger partial charge in [0.15, 0.2) is 0 Å². The first-order valence-corrected chi connectivity index (χ1v) is 6.40. The molecule has 1 aliphatic rings. The van der Waals surface area contributed by atoms with Crippen LogP contribution in [0.1, 0.15) is 22.8 Å². The Labute approximate surface area is 115 Å². The van der Waals surface area contributed by atoms with Gasteiger partial charge in [0.05, 0.1) is 30.8 Å². The lowest BCUT2D eigenvalue weighted by molar-refractivity contribution is -0.131. The Morgan fingerprint density at radius 1 is 1.40 bits per heavy atom. The lowest BCUT2D eigenvalue weighted by Crippen LogP contribution is -2.27. The van der Waals surface area contributed by atoms with Gasteiger partial charge in [-0.25, -0.2) is 4.98 Å². The van der Waals surface area contributed by atoms with Crippen LogP contribution in [0.3, 0.4) is 0 Å². The zero-order valence-electron chi connectivity index (χ0n) is 11.1. The van der Waals surface area contributed by atoms with Crippen LogP contribution in [0.2, 0.25) is 0 Å². The number of hydrogen-bond acceptors (Lipinski definition) is 4. The fraction of sp³-hybridized carbons (Fsp3) is 0.286. The molecule has 2 aromatic heterocycles. The molecule has 0 saturated carbocycles. The minimum atomic E-state index is -0.152. The quantitative estimate of drug-likeness (QED) is 0.864. The molecule has 0 spiro atoms. The molecule has 0 aliphatic carbocycles. The van der Waals surface area contributed by atoms with E-state index in [-0.39, 0.29) is 17.9 Å². The van der Waals surface area contributed by atoms with Gasteiger partial charge in [-0.05, 0) is 19.1 Å². The van der Waals surface area contributed by atoms with E-state index < -0.39 is 0 Å². The van der Waals surface area contributed by atoms with Gasteiger partial charge < -0.3 is 9.88 Å². The Bertz CT molecular complexity index is 709. The lowest BCUT2D eigenvalue weighted by atomic mass is 10.2. The van der Waals surface area contributed by atoms with Gasteiger partial charge in [-0.3, -0.25) is 14.6 Å². The van der Waals surface area contributed by atoms with Crippen molar-refractivity contribution in [2.45, 2.75) is 26.4 Å². The number of nitrogens with zero attached hydrogens (tertiary/aromatic N) is 3. The summed E-state index contributed by atoms with van der Waals surface area (Å²) < 4.78 is 0. The number of pyridine rings is 1. The highest BCUT2D eigenvalue weighted by Crippen LogP contribution is 2.18. The second kappa shape index (κ2) is 4.88. The molecule has 0 bridgehead atoms. The van der Waals surface area contributed by atoms with Crippen LogP contribution in [-0.2, 0) is 24.3 Å². The van der Waals surface area contributed by atoms with Gasteiger partial charge in [0.25, 0.3) is 5.56 Å². The van der Waals surface area contributed by atoms with Crippen molar-refractivity contribution in [3.05, 3.63) is 57.5 Å². The maximum Gasteiger partial charge on any atom is 0.256 e. The summed E-state index contributed by atoms with van der Waals surface area (Å²) in [4.78, 5) is 36.8. The molecule has 20 heavy (non-hydrogen) atoms. The van der Waals surface area contributed by atoms with Crippen LogP contribution in [0.15, 0.2) is 29.2 Å². The third-order valence-electron chi connectivity index (χ3n) is 3.32. The van der Waals surface area contributed by atoms with Gasteiger partial charge in [0.1, 0.15) is 5.82 Å². The number of hydrogen-bond donors (Lipinski definition) is 1. The third-order valence-corrected chi connectivity index (χ3v) is 3.32. The van der Waals surface area contributed by atoms with Crippen LogP contribution < -0.4 is 5.56 Å². The highest BCUT2D eigenvalue weighted by Gasteiger charge is 2.27. The summed E-state index contributed by atoms with van der Waals surface area (Å²) in [5, 5.41) is 0. The van der Waals surface area contributed by atoms with E-state index in [0.717, 1.165) is 5.69 Å². The van der Waals surface area contributed by atoms with Crippen molar-refractivity contribution >= 4 is 5.91 Å². The highest BCUT2D eigenvalue weighted by molar-refractivity contribution is 5.78. The second-order valence-electron chi connectivity index (χ2n) is 4.82. The van der Waals surface area contributed by atoms with Gasteiger partial charge in [-0.2, -0.15) is 0 Å². The van der Waals surface area contributed by atoms with Crippen LogP contribution in [0.5, 0.6) is 0 Å². The van der Waals surface area contributed by atoms with Crippen molar-refractivity contribution in [1.29, 1.82) is 0 Å². The van der Waals surface area contributed by atoms with Crippen molar-refractivity contribution in [1.82, 2.24) is 19.9 Å². The zero-order chi connectivity index (χ0) is 14.1. The maximum atomic E-state index is 12.2. The normalized spacial score (nSPS) is 13.3. The monoisotopic (exact) mass is 270 g/mol. The van der Waals surface area contributed by atoms with E-state index in [4.69, 9.17) is 0 Å². The predicted octanol–water partition coefficient (Wildman–Crippen LogP) is 0.558. The van der Waals surface area contributed by atoms with Crippen molar-refractivity contribution < 1.29 is 4.79 Å². The second-order valence-corrected chi connectivity index (χ2v) is 4.82. The number of nitrogens with one attached hydrogen (secondary N) is 1. The Morgan fingerprint density at radius 2 is 2.25 bits per heavy atom. The van der Waals surface area contributed by atoms with Gasteiger partial charge in [-0.1, -0.05) is 6.07 Å². The molecule has 6 heteroatoms. The van der Waals surface area contributed by atoms with Crippen LogP contribution in [0.25, 0.3) is 0 Å². The van der Waals surface area contributed by atoms with Crippen LogP contribution in [0, 0.1) is 6.92 Å². The maximum absolute atomic E-state index is 12.2. The van der Waals surface area contributed by atoms with E-state index in [2.05, 4.69) is 15.0 Å². The average Bonchev–Trinajstić information content (AvgIpc) is 2.84. The summed E-state index contributed by atoms with van der Waals surface area (Å²) in [7, 11) is 0. The minimum Gasteiger partial charge on any atom is -0.332 e. The molecule has 6 nitrogen and oxygen atoms in total. The van der Waals surface area contributed by atoms with E-state index in [0.29, 0.717) is 30.2 Å².